The van der Waals surface area contributed by atoms with Crippen molar-refractivity contribution in [2.24, 2.45) is 5.73 Å². The number of primary amides is 1. The van der Waals surface area contributed by atoms with Crippen molar-refractivity contribution in [3.8, 4) is 0 Å². The Labute approximate surface area is 127 Å². The van der Waals surface area contributed by atoms with Gasteiger partial charge in [0.15, 0.2) is 0 Å². The van der Waals surface area contributed by atoms with Crippen LogP contribution in [0.15, 0.2) is 28.7 Å². The highest BCUT2D eigenvalue weighted by atomic mass is 79.9. The van der Waals surface area contributed by atoms with Crippen molar-refractivity contribution in [3.05, 3.63) is 28.7 Å². The molecule has 1 aromatic carbocycles. The number of hydrogen-bond donors (Lipinski definition) is 2. The lowest BCUT2D eigenvalue weighted by Gasteiger charge is -2.28. The van der Waals surface area contributed by atoms with Gasteiger partial charge in [0, 0.05) is 28.8 Å². The molecule has 2 fully saturated rings. The number of anilines is 1. The van der Waals surface area contributed by atoms with Crippen LogP contribution in [-0.4, -0.2) is 35.0 Å². The van der Waals surface area contributed by atoms with Crippen LogP contribution >= 0.6 is 15.9 Å². The average molecular weight is 338 g/mol. The summed E-state index contributed by atoms with van der Waals surface area (Å²) in [6.07, 6.45) is 3.26. The van der Waals surface area contributed by atoms with Crippen LogP contribution in [0.4, 0.5) is 5.69 Å². The maximum absolute atomic E-state index is 12.1. The molecule has 0 spiro atoms. The lowest BCUT2D eigenvalue weighted by molar-refractivity contribution is -0.121. The van der Waals surface area contributed by atoms with E-state index in [1.165, 1.54) is 12.8 Å². The molecule has 1 aliphatic carbocycles. The van der Waals surface area contributed by atoms with Crippen molar-refractivity contribution in [2.75, 3.05) is 11.9 Å². The number of benzene rings is 1. The third-order valence-electron chi connectivity index (χ3n) is 4.36. The smallest absolute Gasteiger partial charge is 0.244 e. The number of halogens is 1. The molecule has 1 heterocycles. The Kier molecular flexibility index (Phi) is 3.50. The summed E-state index contributed by atoms with van der Waals surface area (Å²) in [6.45, 7) is 2.90. The number of nitrogens with zero attached hydrogens (tertiary/aromatic N) is 1. The van der Waals surface area contributed by atoms with Gasteiger partial charge in [-0.15, -0.1) is 0 Å². The first kappa shape index (κ1) is 13.9. The second-order valence-corrected chi connectivity index (χ2v) is 6.95. The number of carbonyl (C=O) groups excluding carboxylic acids is 1. The van der Waals surface area contributed by atoms with E-state index in [4.69, 9.17) is 5.73 Å². The summed E-state index contributed by atoms with van der Waals surface area (Å²) >= 11 is 3.46. The van der Waals surface area contributed by atoms with Crippen LogP contribution in [-0.2, 0) is 4.79 Å². The number of likely N-dealkylation sites (tertiary alicyclic amines) is 1. The zero-order valence-electron chi connectivity index (χ0n) is 11.6. The van der Waals surface area contributed by atoms with Crippen molar-refractivity contribution in [3.63, 3.8) is 0 Å². The first-order valence-corrected chi connectivity index (χ1v) is 7.89. The summed E-state index contributed by atoms with van der Waals surface area (Å²) in [5.74, 6) is -0.257. The Morgan fingerprint density at radius 3 is 2.85 bits per heavy atom. The normalized spacial score (nSPS) is 30.4. The zero-order valence-corrected chi connectivity index (χ0v) is 13.2. The minimum Gasteiger partial charge on any atom is -0.370 e. The second kappa shape index (κ2) is 5.04. The molecule has 1 aliphatic heterocycles. The predicted octanol–water partition coefficient (Wildman–Crippen LogP) is 2.34. The summed E-state index contributed by atoms with van der Waals surface area (Å²) in [7, 11) is 0. The Morgan fingerprint density at radius 1 is 1.50 bits per heavy atom. The molecule has 20 heavy (non-hydrogen) atoms. The van der Waals surface area contributed by atoms with Gasteiger partial charge in [-0.05, 0) is 44.4 Å². The second-order valence-electron chi connectivity index (χ2n) is 6.04. The molecule has 5 heteroatoms. The number of nitrogens with two attached hydrogens (primary N) is 1. The van der Waals surface area contributed by atoms with Gasteiger partial charge in [0.1, 0.15) is 5.54 Å². The standard InChI is InChI=1S/C15H20BrN3O/c1-10-8-15(14(17)20,9-19(10)13-5-6-13)18-12-4-2-3-11(16)7-12/h2-4,7,10,13,18H,5-6,8-9H2,1H3,(H2,17,20). The van der Waals surface area contributed by atoms with Crippen molar-refractivity contribution >= 4 is 27.5 Å². The van der Waals surface area contributed by atoms with Gasteiger partial charge in [-0.3, -0.25) is 9.69 Å². The molecule has 3 rings (SSSR count). The summed E-state index contributed by atoms with van der Waals surface area (Å²) in [5, 5.41) is 3.39. The topological polar surface area (TPSA) is 58.4 Å². The van der Waals surface area contributed by atoms with Crippen LogP contribution in [0.2, 0.25) is 0 Å². The summed E-state index contributed by atoms with van der Waals surface area (Å²) < 4.78 is 0.993. The van der Waals surface area contributed by atoms with Gasteiger partial charge >= 0.3 is 0 Å². The molecular formula is C15H20BrN3O. The van der Waals surface area contributed by atoms with Crippen molar-refractivity contribution in [1.29, 1.82) is 0 Å². The van der Waals surface area contributed by atoms with Crippen LogP contribution < -0.4 is 11.1 Å². The Morgan fingerprint density at radius 2 is 2.25 bits per heavy atom. The Hall–Kier alpha value is -1.07. The third kappa shape index (κ3) is 2.56. The van der Waals surface area contributed by atoms with Gasteiger partial charge in [0.25, 0.3) is 0 Å². The first-order valence-electron chi connectivity index (χ1n) is 7.09. The van der Waals surface area contributed by atoms with Crippen molar-refractivity contribution in [2.45, 2.75) is 43.8 Å². The molecule has 108 valence electrons. The lowest BCUT2D eigenvalue weighted by atomic mass is 9.95. The lowest BCUT2D eigenvalue weighted by Crippen LogP contribution is -2.52. The van der Waals surface area contributed by atoms with E-state index in [2.05, 4.69) is 33.1 Å². The van der Waals surface area contributed by atoms with E-state index in [-0.39, 0.29) is 5.91 Å². The predicted molar refractivity (Wildman–Crippen MR) is 83.5 cm³/mol. The highest BCUT2D eigenvalue weighted by Crippen LogP contribution is 2.38. The molecule has 1 saturated heterocycles. The zero-order chi connectivity index (χ0) is 14.3. The van der Waals surface area contributed by atoms with E-state index in [1.807, 2.05) is 24.3 Å². The quantitative estimate of drug-likeness (QED) is 0.886. The molecule has 0 aromatic heterocycles. The average Bonchev–Trinajstić information content (AvgIpc) is 3.15. The fourth-order valence-electron chi connectivity index (χ4n) is 3.22. The summed E-state index contributed by atoms with van der Waals surface area (Å²) in [4.78, 5) is 14.5. The number of nitrogens with one attached hydrogen (secondary N) is 1. The van der Waals surface area contributed by atoms with Gasteiger partial charge in [-0.1, -0.05) is 22.0 Å². The van der Waals surface area contributed by atoms with Gasteiger partial charge < -0.3 is 11.1 Å². The van der Waals surface area contributed by atoms with E-state index in [9.17, 15) is 4.79 Å². The third-order valence-corrected chi connectivity index (χ3v) is 4.85. The van der Waals surface area contributed by atoms with E-state index in [1.54, 1.807) is 0 Å². The Bertz CT molecular complexity index is 532. The largest absolute Gasteiger partial charge is 0.370 e. The summed E-state index contributed by atoms with van der Waals surface area (Å²) in [6, 6.07) is 8.92. The fourth-order valence-corrected chi connectivity index (χ4v) is 3.62. The van der Waals surface area contributed by atoms with Crippen LogP contribution in [0.1, 0.15) is 26.2 Å². The van der Waals surface area contributed by atoms with E-state index < -0.39 is 5.54 Å². The van der Waals surface area contributed by atoms with E-state index in [0.717, 1.165) is 16.6 Å². The number of hydrogen-bond acceptors (Lipinski definition) is 3. The van der Waals surface area contributed by atoms with Crippen LogP contribution in [0, 0.1) is 0 Å². The number of rotatable bonds is 4. The SMILES string of the molecule is CC1CC(Nc2cccc(Br)c2)(C(N)=O)CN1C1CC1. The number of carbonyl (C=O) groups is 1. The molecule has 1 saturated carbocycles. The fraction of sp³-hybridized carbons (Fsp3) is 0.533. The minimum absolute atomic E-state index is 0.257. The molecule has 0 bridgehead atoms. The highest BCUT2D eigenvalue weighted by Gasteiger charge is 2.50. The number of amides is 1. The van der Waals surface area contributed by atoms with Crippen LogP contribution in [0.5, 0.6) is 0 Å². The minimum atomic E-state index is -0.650. The van der Waals surface area contributed by atoms with Crippen LogP contribution in [0.3, 0.4) is 0 Å². The molecule has 1 aromatic rings. The molecule has 1 amide bonds. The van der Waals surface area contributed by atoms with Gasteiger partial charge in [-0.25, -0.2) is 0 Å². The van der Waals surface area contributed by atoms with E-state index >= 15 is 0 Å². The Balaban J connectivity index is 1.84. The maximum atomic E-state index is 12.1. The molecule has 2 atom stereocenters. The first-order chi connectivity index (χ1) is 9.50. The summed E-state index contributed by atoms with van der Waals surface area (Å²) in [5.41, 5.74) is 6.01. The van der Waals surface area contributed by atoms with Crippen molar-refractivity contribution in [1.82, 2.24) is 4.90 Å². The van der Waals surface area contributed by atoms with Gasteiger partial charge in [-0.2, -0.15) is 0 Å². The monoisotopic (exact) mass is 337 g/mol. The molecule has 3 N–H and O–H groups in total. The molecular weight excluding hydrogens is 318 g/mol. The molecule has 2 aliphatic rings. The molecule has 2 unspecified atom stereocenters. The van der Waals surface area contributed by atoms with E-state index in [0.29, 0.717) is 18.6 Å². The highest BCUT2D eigenvalue weighted by molar-refractivity contribution is 9.10. The molecule has 0 radical (unpaired) electrons. The molecule has 4 nitrogen and oxygen atoms in total. The van der Waals surface area contributed by atoms with Gasteiger partial charge in [0.05, 0.1) is 0 Å². The van der Waals surface area contributed by atoms with Gasteiger partial charge in [0.2, 0.25) is 5.91 Å². The van der Waals surface area contributed by atoms with Crippen molar-refractivity contribution < 1.29 is 4.79 Å². The van der Waals surface area contributed by atoms with Crippen LogP contribution in [0.25, 0.3) is 0 Å². The maximum Gasteiger partial charge on any atom is 0.244 e.